The molecule has 0 spiro atoms. The Labute approximate surface area is 126 Å². The van der Waals surface area contributed by atoms with Crippen LogP contribution in [0.5, 0.6) is 0 Å². The third-order valence-corrected chi connectivity index (χ3v) is 4.73. The van der Waals surface area contributed by atoms with Crippen LogP contribution in [0, 0.1) is 11.8 Å². The Kier molecular flexibility index (Phi) is 5.77. The lowest BCUT2D eigenvalue weighted by atomic mass is 9.95. The molecule has 3 heteroatoms. The molecular weight excluding hydrogens is 264 g/mol. The van der Waals surface area contributed by atoms with Crippen LogP contribution in [0.1, 0.15) is 30.3 Å². The Morgan fingerprint density at radius 1 is 1.10 bits per heavy atom. The first-order chi connectivity index (χ1) is 9.72. The number of hydrogen-bond donors (Lipinski definition) is 2. The van der Waals surface area contributed by atoms with E-state index in [-0.39, 0.29) is 6.04 Å². The van der Waals surface area contributed by atoms with Crippen molar-refractivity contribution in [2.75, 3.05) is 13.1 Å². The fraction of sp³-hybridized carbons (Fsp3) is 0.412. The van der Waals surface area contributed by atoms with E-state index < -0.39 is 0 Å². The molecule has 2 nitrogen and oxygen atoms in total. The van der Waals surface area contributed by atoms with Gasteiger partial charge in [0.15, 0.2) is 0 Å². The van der Waals surface area contributed by atoms with Gasteiger partial charge in [-0.3, -0.25) is 0 Å². The zero-order valence-corrected chi connectivity index (χ0v) is 13.1. The number of thiophene rings is 1. The number of benzene rings is 1. The first-order valence-corrected chi connectivity index (χ1v) is 8.12. The topological polar surface area (TPSA) is 38.0 Å². The summed E-state index contributed by atoms with van der Waals surface area (Å²) in [7, 11) is 0. The van der Waals surface area contributed by atoms with Crippen molar-refractivity contribution in [3.05, 3.63) is 58.3 Å². The van der Waals surface area contributed by atoms with Gasteiger partial charge < -0.3 is 11.1 Å². The highest BCUT2D eigenvalue weighted by atomic mass is 32.1. The molecule has 0 aliphatic rings. The molecule has 0 saturated carbocycles. The minimum absolute atomic E-state index is 0.268. The van der Waals surface area contributed by atoms with Crippen molar-refractivity contribution < 1.29 is 0 Å². The Morgan fingerprint density at radius 3 is 2.40 bits per heavy atom. The molecule has 3 N–H and O–H groups in total. The second-order valence-corrected chi connectivity index (χ2v) is 6.49. The van der Waals surface area contributed by atoms with Crippen LogP contribution in [0.25, 0.3) is 0 Å². The van der Waals surface area contributed by atoms with Gasteiger partial charge in [0, 0.05) is 11.4 Å². The summed E-state index contributed by atoms with van der Waals surface area (Å²) in [5.41, 5.74) is 7.19. The molecule has 0 radical (unpaired) electrons. The highest BCUT2D eigenvalue weighted by molar-refractivity contribution is 7.10. The normalized spacial score (nSPS) is 14.4. The highest BCUT2D eigenvalue weighted by Crippen LogP contribution is 2.26. The van der Waals surface area contributed by atoms with Crippen LogP contribution in [-0.2, 0) is 0 Å². The molecule has 0 aliphatic carbocycles. The van der Waals surface area contributed by atoms with E-state index >= 15 is 0 Å². The second kappa shape index (κ2) is 7.58. The van der Waals surface area contributed by atoms with E-state index in [2.05, 4.69) is 67.0 Å². The quantitative estimate of drug-likeness (QED) is 0.816. The molecule has 108 valence electrons. The van der Waals surface area contributed by atoms with Crippen LogP contribution in [0.3, 0.4) is 0 Å². The molecule has 0 fully saturated rings. The predicted octanol–water partition coefficient (Wildman–Crippen LogP) is 3.66. The fourth-order valence-corrected chi connectivity index (χ4v) is 3.17. The summed E-state index contributed by atoms with van der Waals surface area (Å²) < 4.78 is 0. The van der Waals surface area contributed by atoms with Gasteiger partial charge in [0.25, 0.3) is 0 Å². The monoisotopic (exact) mass is 288 g/mol. The van der Waals surface area contributed by atoms with Crippen molar-refractivity contribution in [3.8, 4) is 0 Å². The van der Waals surface area contributed by atoms with Gasteiger partial charge in [0.05, 0.1) is 6.04 Å². The number of rotatable bonds is 7. The number of hydrogen-bond acceptors (Lipinski definition) is 3. The second-order valence-electron chi connectivity index (χ2n) is 5.51. The fourth-order valence-electron chi connectivity index (χ4n) is 2.34. The molecule has 0 aliphatic heterocycles. The van der Waals surface area contributed by atoms with Crippen LogP contribution in [0.2, 0.25) is 0 Å². The molecule has 0 amide bonds. The van der Waals surface area contributed by atoms with Crippen molar-refractivity contribution in [1.82, 2.24) is 5.32 Å². The summed E-state index contributed by atoms with van der Waals surface area (Å²) in [6, 6.07) is 15.2. The zero-order chi connectivity index (χ0) is 14.4. The van der Waals surface area contributed by atoms with Gasteiger partial charge in [-0.05, 0) is 35.4 Å². The lowest BCUT2D eigenvalue weighted by molar-refractivity contribution is 0.361. The summed E-state index contributed by atoms with van der Waals surface area (Å²) in [6.45, 7) is 6.16. The van der Waals surface area contributed by atoms with Crippen LogP contribution in [-0.4, -0.2) is 13.1 Å². The van der Waals surface area contributed by atoms with E-state index in [0.29, 0.717) is 11.8 Å². The third-order valence-electron chi connectivity index (χ3n) is 3.79. The predicted molar refractivity (Wildman–Crippen MR) is 88.0 cm³/mol. The van der Waals surface area contributed by atoms with Crippen molar-refractivity contribution in [3.63, 3.8) is 0 Å². The summed E-state index contributed by atoms with van der Waals surface area (Å²) in [5.74, 6) is 1.12. The average Bonchev–Trinajstić information content (AvgIpc) is 2.98. The first kappa shape index (κ1) is 15.2. The number of nitrogens with two attached hydrogens (primary N) is 1. The van der Waals surface area contributed by atoms with Crippen molar-refractivity contribution in [2.45, 2.75) is 19.9 Å². The molecule has 2 atom stereocenters. The Hall–Kier alpha value is -1.16. The maximum atomic E-state index is 5.88. The minimum atomic E-state index is 0.268. The molecule has 2 unspecified atom stereocenters. The van der Waals surface area contributed by atoms with E-state index in [9.17, 15) is 0 Å². The van der Waals surface area contributed by atoms with Gasteiger partial charge in [0.1, 0.15) is 0 Å². The average molecular weight is 288 g/mol. The Bertz CT molecular complexity index is 479. The molecular formula is C17H24N2S. The largest absolute Gasteiger partial charge is 0.330 e. The molecule has 2 aromatic rings. The van der Waals surface area contributed by atoms with Crippen LogP contribution in [0.4, 0.5) is 0 Å². The van der Waals surface area contributed by atoms with Gasteiger partial charge in [-0.25, -0.2) is 0 Å². The van der Waals surface area contributed by atoms with E-state index in [1.165, 1.54) is 10.4 Å². The Morgan fingerprint density at radius 2 is 1.85 bits per heavy atom. The first-order valence-electron chi connectivity index (χ1n) is 7.24. The lowest BCUT2D eigenvalue weighted by Crippen LogP contribution is -2.34. The van der Waals surface area contributed by atoms with E-state index in [1.54, 1.807) is 11.3 Å². The molecule has 1 aromatic heterocycles. The van der Waals surface area contributed by atoms with Crippen LogP contribution < -0.4 is 11.1 Å². The minimum Gasteiger partial charge on any atom is -0.330 e. The molecule has 1 heterocycles. The summed E-state index contributed by atoms with van der Waals surface area (Å²) in [6.07, 6.45) is 0. The molecule has 2 rings (SSSR count). The SMILES string of the molecule is CC(C)C(CN)CNC(c1ccccc1)c1cccs1. The molecule has 0 saturated heterocycles. The van der Waals surface area contributed by atoms with Gasteiger partial charge >= 0.3 is 0 Å². The number of nitrogens with one attached hydrogen (secondary N) is 1. The maximum Gasteiger partial charge on any atom is 0.0671 e. The van der Waals surface area contributed by atoms with Gasteiger partial charge in [-0.1, -0.05) is 50.2 Å². The molecule has 0 bridgehead atoms. The van der Waals surface area contributed by atoms with Crippen molar-refractivity contribution in [1.29, 1.82) is 0 Å². The van der Waals surface area contributed by atoms with Crippen molar-refractivity contribution in [2.24, 2.45) is 17.6 Å². The van der Waals surface area contributed by atoms with Gasteiger partial charge in [-0.15, -0.1) is 11.3 Å². The van der Waals surface area contributed by atoms with Crippen molar-refractivity contribution >= 4 is 11.3 Å². The summed E-state index contributed by atoms with van der Waals surface area (Å²) in [4.78, 5) is 1.36. The van der Waals surface area contributed by atoms with E-state index in [1.807, 2.05) is 0 Å². The van der Waals surface area contributed by atoms with Crippen LogP contribution in [0.15, 0.2) is 47.8 Å². The van der Waals surface area contributed by atoms with Gasteiger partial charge in [0.2, 0.25) is 0 Å². The summed E-state index contributed by atoms with van der Waals surface area (Å²) >= 11 is 1.80. The third kappa shape index (κ3) is 3.92. The molecule has 1 aromatic carbocycles. The Balaban J connectivity index is 2.12. The highest BCUT2D eigenvalue weighted by Gasteiger charge is 2.18. The van der Waals surface area contributed by atoms with Crippen LogP contribution >= 0.6 is 11.3 Å². The van der Waals surface area contributed by atoms with E-state index in [0.717, 1.165) is 13.1 Å². The zero-order valence-electron chi connectivity index (χ0n) is 12.3. The maximum absolute atomic E-state index is 5.88. The lowest BCUT2D eigenvalue weighted by Gasteiger charge is -2.24. The molecule has 20 heavy (non-hydrogen) atoms. The smallest absolute Gasteiger partial charge is 0.0671 e. The van der Waals surface area contributed by atoms with Gasteiger partial charge in [-0.2, -0.15) is 0 Å². The van der Waals surface area contributed by atoms with E-state index in [4.69, 9.17) is 5.73 Å². The summed E-state index contributed by atoms with van der Waals surface area (Å²) in [5, 5.41) is 5.84. The standard InChI is InChI=1S/C17H24N2S/c1-13(2)15(11-18)12-19-17(16-9-6-10-20-16)14-7-4-3-5-8-14/h3-10,13,15,17,19H,11-12,18H2,1-2H3.